The number of hydrogen-bond donors (Lipinski definition) is 1. The highest BCUT2D eigenvalue weighted by Crippen LogP contribution is 2.20. The second kappa shape index (κ2) is 7.33. The molecule has 0 heterocycles. The third kappa shape index (κ3) is 4.87. The molecular weight excluding hydrogens is 204 g/mol. The summed E-state index contributed by atoms with van der Waals surface area (Å²) in [5.74, 6) is 1.08. The maximum absolute atomic E-state index is 8.38. The molecule has 15 heavy (non-hydrogen) atoms. The van der Waals surface area contributed by atoms with Crippen molar-refractivity contribution in [2.45, 2.75) is 30.7 Å². The smallest absolute Gasteiger partial charge is 0.0621 e. The Morgan fingerprint density at radius 1 is 1.33 bits per heavy atom. The van der Waals surface area contributed by atoms with Crippen molar-refractivity contribution in [3.05, 3.63) is 29.8 Å². The van der Waals surface area contributed by atoms with E-state index in [1.807, 2.05) is 23.9 Å². The summed E-state index contributed by atoms with van der Waals surface area (Å²) >= 11 is 1.84. The molecule has 0 spiro atoms. The normalized spacial score (nSPS) is 9.87. The topological polar surface area (TPSA) is 49.8 Å². The Morgan fingerprint density at radius 2 is 2.20 bits per heavy atom. The molecule has 3 heteroatoms. The number of nitrogens with two attached hydrogens (primary N) is 1. The Labute approximate surface area is 95.5 Å². The van der Waals surface area contributed by atoms with E-state index in [2.05, 4.69) is 18.2 Å². The van der Waals surface area contributed by atoms with E-state index in [4.69, 9.17) is 11.0 Å². The van der Waals surface area contributed by atoms with Crippen molar-refractivity contribution >= 4 is 11.8 Å². The lowest BCUT2D eigenvalue weighted by Gasteiger charge is -2.02. The fourth-order valence-electron chi connectivity index (χ4n) is 1.26. The second-order valence-electron chi connectivity index (χ2n) is 3.32. The summed E-state index contributed by atoms with van der Waals surface area (Å²) in [6, 6.07) is 10.5. The number of nitriles is 1. The molecule has 0 fully saturated rings. The number of hydrogen-bond acceptors (Lipinski definition) is 3. The minimum atomic E-state index is 0.600. The molecule has 1 aromatic carbocycles. The predicted molar refractivity (Wildman–Crippen MR) is 64.5 cm³/mol. The van der Waals surface area contributed by atoms with Crippen LogP contribution in [-0.4, -0.2) is 5.75 Å². The van der Waals surface area contributed by atoms with Crippen LogP contribution in [0, 0.1) is 11.3 Å². The van der Waals surface area contributed by atoms with Gasteiger partial charge in [0.05, 0.1) is 6.07 Å². The summed E-state index contributed by atoms with van der Waals surface area (Å²) in [6.45, 7) is 0.600. The summed E-state index contributed by atoms with van der Waals surface area (Å²) in [5, 5.41) is 8.38. The van der Waals surface area contributed by atoms with Crippen LogP contribution < -0.4 is 5.73 Å². The predicted octanol–water partition coefficient (Wildman–Crippen LogP) is 2.93. The van der Waals surface area contributed by atoms with E-state index >= 15 is 0 Å². The number of unbranched alkanes of at least 4 members (excludes halogenated alkanes) is 2. The fraction of sp³-hybridized carbons (Fsp3) is 0.417. The van der Waals surface area contributed by atoms with Crippen molar-refractivity contribution < 1.29 is 0 Å². The first-order valence-electron chi connectivity index (χ1n) is 5.15. The Bertz CT molecular complexity index is 331. The molecule has 0 unspecified atom stereocenters. The molecule has 1 aromatic rings. The van der Waals surface area contributed by atoms with E-state index in [0.717, 1.165) is 18.6 Å². The van der Waals surface area contributed by atoms with Crippen molar-refractivity contribution in [3.63, 3.8) is 0 Å². The van der Waals surface area contributed by atoms with Gasteiger partial charge in [-0.05, 0) is 36.3 Å². The number of benzene rings is 1. The summed E-state index contributed by atoms with van der Waals surface area (Å²) in [7, 11) is 0. The van der Waals surface area contributed by atoms with Crippen LogP contribution in [0.1, 0.15) is 24.8 Å². The number of rotatable bonds is 6. The monoisotopic (exact) mass is 220 g/mol. The van der Waals surface area contributed by atoms with Crippen LogP contribution in [0.5, 0.6) is 0 Å². The van der Waals surface area contributed by atoms with Gasteiger partial charge in [-0.25, -0.2) is 0 Å². The van der Waals surface area contributed by atoms with Crippen LogP contribution in [0.2, 0.25) is 0 Å². The average Bonchev–Trinajstić information content (AvgIpc) is 2.29. The zero-order chi connectivity index (χ0) is 10.9. The van der Waals surface area contributed by atoms with Gasteiger partial charge < -0.3 is 5.73 Å². The van der Waals surface area contributed by atoms with E-state index < -0.39 is 0 Å². The molecule has 0 aliphatic carbocycles. The van der Waals surface area contributed by atoms with Gasteiger partial charge in [-0.1, -0.05) is 12.1 Å². The third-order valence-corrected chi connectivity index (χ3v) is 3.17. The molecule has 0 aliphatic heterocycles. The molecule has 0 amide bonds. The van der Waals surface area contributed by atoms with Gasteiger partial charge >= 0.3 is 0 Å². The molecule has 0 aliphatic rings. The molecule has 2 nitrogen and oxygen atoms in total. The van der Waals surface area contributed by atoms with Crippen molar-refractivity contribution in [2.75, 3.05) is 5.75 Å². The summed E-state index contributed by atoms with van der Waals surface area (Å²) in [5.41, 5.74) is 6.75. The Hall–Kier alpha value is -0.980. The van der Waals surface area contributed by atoms with Gasteiger partial charge in [0.25, 0.3) is 0 Å². The summed E-state index contributed by atoms with van der Waals surface area (Å²) in [6.07, 6.45) is 2.77. The van der Waals surface area contributed by atoms with E-state index in [1.165, 1.54) is 10.5 Å². The van der Waals surface area contributed by atoms with E-state index in [9.17, 15) is 0 Å². The molecule has 0 bridgehead atoms. The van der Waals surface area contributed by atoms with Crippen LogP contribution in [0.4, 0.5) is 0 Å². The first-order chi connectivity index (χ1) is 7.36. The molecular formula is C12H16N2S. The average molecular weight is 220 g/mol. The molecule has 1 rings (SSSR count). The van der Waals surface area contributed by atoms with Gasteiger partial charge in [-0.3, -0.25) is 0 Å². The molecule has 2 N–H and O–H groups in total. The standard InChI is InChI=1S/C12H16N2S/c13-7-2-1-3-8-15-12-6-4-5-11(9-12)10-14/h4-6,9H,1-3,8,10,14H2. The molecule has 80 valence electrons. The molecule has 0 radical (unpaired) electrons. The second-order valence-corrected chi connectivity index (χ2v) is 4.48. The van der Waals surface area contributed by atoms with Crippen LogP contribution in [0.3, 0.4) is 0 Å². The van der Waals surface area contributed by atoms with E-state index in [1.54, 1.807) is 0 Å². The molecule has 0 saturated heterocycles. The van der Waals surface area contributed by atoms with Gasteiger partial charge in [0.1, 0.15) is 0 Å². The van der Waals surface area contributed by atoms with Crippen molar-refractivity contribution in [3.8, 4) is 6.07 Å². The lowest BCUT2D eigenvalue weighted by molar-refractivity contribution is 0.830. The minimum absolute atomic E-state index is 0.600. The highest BCUT2D eigenvalue weighted by Gasteiger charge is 1.95. The van der Waals surface area contributed by atoms with E-state index in [0.29, 0.717) is 13.0 Å². The number of nitrogens with zero attached hydrogens (tertiary/aromatic N) is 1. The van der Waals surface area contributed by atoms with Gasteiger partial charge in [0.2, 0.25) is 0 Å². The SMILES string of the molecule is N#CCCCCSc1cccc(CN)c1. The van der Waals surface area contributed by atoms with Crippen LogP contribution in [-0.2, 0) is 6.54 Å². The van der Waals surface area contributed by atoms with Gasteiger partial charge in [-0.2, -0.15) is 5.26 Å². The van der Waals surface area contributed by atoms with Gasteiger partial charge in [0, 0.05) is 17.9 Å². The Morgan fingerprint density at radius 3 is 2.93 bits per heavy atom. The Balaban J connectivity index is 2.28. The highest BCUT2D eigenvalue weighted by molar-refractivity contribution is 7.99. The molecule has 0 aromatic heterocycles. The van der Waals surface area contributed by atoms with Crippen molar-refractivity contribution in [2.24, 2.45) is 5.73 Å². The lowest BCUT2D eigenvalue weighted by Crippen LogP contribution is -1.95. The van der Waals surface area contributed by atoms with Crippen molar-refractivity contribution in [1.29, 1.82) is 5.26 Å². The molecule has 0 atom stereocenters. The minimum Gasteiger partial charge on any atom is -0.326 e. The maximum atomic E-state index is 8.38. The van der Waals surface area contributed by atoms with Gasteiger partial charge in [-0.15, -0.1) is 11.8 Å². The largest absolute Gasteiger partial charge is 0.326 e. The Kier molecular flexibility index (Phi) is 5.91. The first kappa shape index (κ1) is 12.1. The lowest BCUT2D eigenvalue weighted by atomic mass is 10.2. The summed E-state index contributed by atoms with van der Waals surface area (Å²) < 4.78 is 0. The maximum Gasteiger partial charge on any atom is 0.0621 e. The molecule has 0 saturated carbocycles. The van der Waals surface area contributed by atoms with Gasteiger partial charge in [0.15, 0.2) is 0 Å². The van der Waals surface area contributed by atoms with Crippen LogP contribution in [0.15, 0.2) is 29.2 Å². The zero-order valence-corrected chi connectivity index (χ0v) is 9.59. The summed E-state index contributed by atoms with van der Waals surface area (Å²) in [4.78, 5) is 1.27. The highest BCUT2D eigenvalue weighted by atomic mass is 32.2. The fourth-order valence-corrected chi connectivity index (χ4v) is 2.25. The van der Waals surface area contributed by atoms with Crippen LogP contribution >= 0.6 is 11.8 Å². The van der Waals surface area contributed by atoms with E-state index in [-0.39, 0.29) is 0 Å². The van der Waals surface area contributed by atoms with Crippen LogP contribution in [0.25, 0.3) is 0 Å². The zero-order valence-electron chi connectivity index (χ0n) is 8.78. The quantitative estimate of drug-likeness (QED) is 0.592. The third-order valence-electron chi connectivity index (χ3n) is 2.09. The first-order valence-corrected chi connectivity index (χ1v) is 6.14. The van der Waals surface area contributed by atoms with Crippen molar-refractivity contribution in [1.82, 2.24) is 0 Å². The number of thioether (sulfide) groups is 1.